The normalized spacial score (nSPS) is 11.5. The smallest absolute Gasteiger partial charge is 0.768 e. The number of hydrogen-bond acceptors (Lipinski definition) is 3. The van der Waals surface area contributed by atoms with Crippen molar-refractivity contribution >= 4 is 11.1 Å². The molecular formula is C7H7NaO3S. The first-order valence-corrected chi connectivity index (χ1v) is 4.05. The van der Waals surface area contributed by atoms with Crippen LogP contribution in [0.15, 0.2) is 29.2 Å². The van der Waals surface area contributed by atoms with Crippen molar-refractivity contribution in [1.29, 1.82) is 0 Å². The van der Waals surface area contributed by atoms with Crippen molar-refractivity contribution in [1.82, 2.24) is 0 Å². The second kappa shape index (κ2) is 5.72. The van der Waals surface area contributed by atoms with E-state index in [-0.39, 0.29) is 34.5 Å². The summed E-state index contributed by atoms with van der Waals surface area (Å²) in [6.45, 7) is 0. The van der Waals surface area contributed by atoms with Gasteiger partial charge in [-0.3, -0.25) is 4.21 Å². The summed E-state index contributed by atoms with van der Waals surface area (Å²) in [6.07, 6.45) is 0. The van der Waals surface area contributed by atoms with E-state index in [1.807, 2.05) is 0 Å². The van der Waals surface area contributed by atoms with Crippen LogP contribution in [0.2, 0.25) is 0 Å². The van der Waals surface area contributed by atoms with Gasteiger partial charge in [0, 0.05) is 0 Å². The first-order chi connectivity index (χ1) is 5.25. The van der Waals surface area contributed by atoms with Gasteiger partial charge in [0.15, 0.2) is 0 Å². The van der Waals surface area contributed by atoms with E-state index in [1.54, 1.807) is 18.2 Å². The molecule has 0 heterocycles. The van der Waals surface area contributed by atoms with Gasteiger partial charge in [0.2, 0.25) is 0 Å². The SMILES string of the molecule is COc1ccccc1S(=O)[O-].[Na+]. The predicted molar refractivity (Wildman–Crippen MR) is 40.2 cm³/mol. The zero-order chi connectivity index (χ0) is 8.27. The standard InChI is InChI=1S/C7H8O3S.Na/c1-10-6-4-2-3-5-7(6)11(8)9;/h2-5H,1H3,(H,8,9);/q;+1/p-1. The number of rotatable bonds is 2. The van der Waals surface area contributed by atoms with Crippen LogP contribution < -0.4 is 34.3 Å². The Morgan fingerprint density at radius 2 is 2.00 bits per heavy atom. The van der Waals surface area contributed by atoms with Crippen molar-refractivity contribution < 1.29 is 43.1 Å². The molecule has 0 aliphatic heterocycles. The molecule has 0 aliphatic rings. The molecular weight excluding hydrogens is 187 g/mol. The molecule has 1 aromatic rings. The van der Waals surface area contributed by atoms with Crippen molar-refractivity contribution in [3.63, 3.8) is 0 Å². The quantitative estimate of drug-likeness (QED) is 0.402. The Morgan fingerprint density at radius 3 is 2.42 bits per heavy atom. The molecule has 1 aromatic carbocycles. The van der Waals surface area contributed by atoms with Crippen molar-refractivity contribution in [2.24, 2.45) is 0 Å². The van der Waals surface area contributed by atoms with Gasteiger partial charge in [0.05, 0.1) is 12.0 Å². The fourth-order valence-corrected chi connectivity index (χ4v) is 1.26. The minimum atomic E-state index is -2.22. The van der Waals surface area contributed by atoms with E-state index < -0.39 is 11.1 Å². The van der Waals surface area contributed by atoms with Crippen molar-refractivity contribution in [2.75, 3.05) is 7.11 Å². The Balaban J connectivity index is 0.00000121. The van der Waals surface area contributed by atoms with Crippen LogP contribution in [0.3, 0.4) is 0 Å². The molecule has 3 nitrogen and oxygen atoms in total. The van der Waals surface area contributed by atoms with E-state index in [2.05, 4.69) is 0 Å². The van der Waals surface area contributed by atoms with E-state index in [4.69, 9.17) is 4.74 Å². The molecule has 0 radical (unpaired) electrons. The molecule has 0 saturated heterocycles. The molecule has 0 aromatic heterocycles. The number of methoxy groups -OCH3 is 1. The van der Waals surface area contributed by atoms with E-state index in [1.165, 1.54) is 13.2 Å². The fourth-order valence-electron chi connectivity index (χ4n) is 0.756. The van der Waals surface area contributed by atoms with Crippen LogP contribution in [0.1, 0.15) is 0 Å². The van der Waals surface area contributed by atoms with Gasteiger partial charge in [-0.1, -0.05) is 12.1 Å². The van der Waals surface area contributed by atoms with Crippen molar-refractivity contribution in [3.8, 4) is 5.75 Å². The summed E-state index contributed by atoms with van der Waals surface area (Å²) in [4.78, 5) is 0.190. The first kappa shape index (κ1) is 12.1. The number of benzene rings is 1. The summed E-state index contributed by atoms with van der Waals surface area (Å²) in [5, 5.41) is 0. The van der Waals surface area contributed by atoms with Gasteiger partial charge in [-0.2, -0.15) is 0 Å². The number of ether oxygens (including phenoxy) is 1. The zero-order valence-corrected chi connectivity index (χ0v) is 9.76. The molecule has 0 spiro atoms. The maximum absolute atomic E-state index is 10.5. The minimum Gasteiger partial charge on any atom is -0.768 e. The summed E-state index contributed by atoms with van der Waals surface area (Å²) in [6, 6.07) is 6.45. The summed E-state index contributed by atoms with van der Waals surface area (Å²) in [5.41, 5.74) is 0. The largest absolute Gasteiger partial charge is 1.00 e. The number of para-hydroxylation sites is 1. The van der Waals surface area contributed by atoms with E-state index in [9.17, 15) is 8.76 Å². The third kappa shape index (κ3) is 2.88. The maximum Gasteiger partial charge on any atom is 1.00 e. The summed E-state index contributed by atoms with van der Waals surface area (Å²) in [5.74, 6) is 0.376. The fraction of sp³-hybridized carbons (Fsp3) is 0.143. The molecule has 1 atom stereocenters. The Hall–Kier alpha value is 0.130. The maximum atomic E-state index is 10.5. The molecule has 0 bridgehead atoms. The van der Waals surface area contributed by atoms with Crippen LogP contribution in [0, 0.1) is 0 Å². The van der Waals surface area contributed by atoms with Crippen molar-refractivity contribution in [3.05, 3.63) is 24.3 Å². The molecule has 12 heavy (non-hydrogen) atoms. The van der Waals surface area contributed by atoms with Gasteiger partial charge in [-0.15, -0.1) is 0 Å². The van der Waals surface area contributed by atoms with E-state index in [0.717, 1.165) is 0 Å². The zero-order valence-electron chi connectivity index (χ0n) is 6.94. The summed E-state index contributed by atoms with van der Waals surface area (Å²) >= 11 is -2.22. The van der Waals surface area contributed by atoms with Gasteiger partial charge in [-0.05, 0) is 23.2 Å². The molecule has 0 N–H and O–H groups in total. The molecule has 0 aliphatic carbocycles. The Bertz CT molecular complexity index is 277. The molecule has 1 unspecified atom stereocenters. The Morgan fingerprint density at radius 1 is 1.42 bits per heavy atom. The third-order valence-electron chi connectivity index (χ3n) is 1.25. The van der Waals surface area contributed by atoms with Crippen LogP contribution in [0.5, 0.6) is 5.75 Å². The van der Waals surface area contributed by atoms with Crippen LogP contribution in [0.25, 0.3) is 0 Å². The Kier molecular flexibility index (Phi) is 5.78. The Labute approximate surface area is 95.7 Å². The molecule has 1 rings (SSSR count). The van der Waals surface area contributed by atoms with Crippen LogP contribution >= 0.6 is 0 Å². The van der Waals surface area contributed by atoms with Crippen molar-refractivity contribution in [2.45, 2.75) is 4.90 Å². The molecule has 5 heteroatoms. The second-order valence-electron chi connectivity index (χ2n) is 1.89. The number of hydrogen-bond donors (Lipinski definition) is 0. The van der Waals surface area contributed by atoms with Gasteiger partial charge in [-0.25, -0.2) is 0 Å². The van der Waals surface area contributed by atoms with E-state index >= 15 is 0 Å². The van der Waals surface area contributed by atoms with Gasteiger partial charge in [0.25, 0.3) is 0 Å². The predicted octanol–water partition coefficient (Wildman–Crippen LogP) is -2.06. The average Bonchev–Trinajstić information content (AvgIpc) is 2.04. The second-order valence-corrected chi connectivity index (χ2v) is 2.79. The van der Waals surface area contributed by atoms with Gasteiger partial charge in [0.1, 0.15) is 5.75 Å². The van der Waals surface area contributed by atoms with Gasteiger partial charge >= 0.3 is 29.6 Å². The molecule has 0 fully saturated rings. The molecule has 60 valence electrons. The average molecular weight is 194 g/mol. The summed E-state index contributed by atoms with van der Waals surface area (Å²) in [7, 11) is 1.44. The monoisotopic (exact) mass is 194 g/mol. The summed E-state index contributed by atoms with van der Waals surface area (Å²) < 4.78 is 25.8. The van der Waals surface area contributed by atoms with E-state index in [0.29, 0.717) is 5.75 Å². The minimum absolute atomic E-state index is 0. The topological polar surface area (TPSA) is 49.4 Å². The van der Waals surface area contributed by atoms with Crippen LogP contribution in [-0.4, -0.2) is 15.9 Å². The van der Waals surface area contributed by atoms with Crippen LogP contribution in [-0.2, 0) is 11.1 Å². The third-order valence-corrected chi connectivity index (χ3v) is 1.95. The first-order valence-electron chi connectivity index (χ1n) is 2.98. The van der Waals surface area contributed by atoms with Crippen LogP contribution in [0.4, 0.5) is 0 Å². The van der Waals surface area contributed by atoms with Gasteiger partial charge < -0.3 is 9.29 Å². The molecule has 0 saturated carbocycles. The molecule has 0 amide bonds.